The van der Waals surface area contributed by atoms with Gasteiger partial charge in [-0.25, -0.2) is 13.6 Å². The van der Waals surface area contributed by atoms with E-state index in [2.05, 4.69) is 10.6 Å². The molecule has 8 nitrogen and oxygen atoms in total. The van der Waals surface area contributed by atoms with Gasteiger partial charge in [-0.1, -0.05) is 0 Å². The van der Waals surface area contributed by atoms with Crippen LogP contribution in [0.3, 0.4) is 0 Å². The molecule has 23 heavy (non-hydrogen) atoms. The van der Waals surface area contributed by atoms with Gasteiger partial charge in [-0.2, -0.15) is 5.26 Å². The highest BCUT2D eigenvalue weighted by Crippen LogP contribution is 2.13. The van der Waals surface area contributed by atoms with E-state index in [4.69, 9.17) is 10.4 Å². The first kappa shape index (κ1) is 18.6. The fourth-order valence-electron chi connectivity index (χ4n) is 1.54. The van der Waals surface area contributed by atoms with Crippen LogP contribution in [0.5, 0.6) is 0 Å². The van der Waals surface area contributed by atoms with Crippen LogP contribution in [0.1, 0.15) is 0 Å². The number of nitrogens with zero attached hydrogens (tertiary/aromatic N) is 2. The number of hydrogen-bond acceptors (Lipinski definition) is 6. The molecular weight excluding hydrogens is 318 g/mol. The minimum Gasteiger partial charge on any atom is -0.388 e. The number of sulfonamides is 1. The second kappa shape index (κ2) is 8.28. The molecule has 4 N–H and O–H groups in total. The van der Waals surface area contributed by atoms with Crippen molar-refractivity contribution in [3.05, 3.63) is 36.0 Å². The highest BCUT2D eigenvalue weighted by atomic mass is 32.2. The molecule has 0 heterocycles. The Hall–Kier alpha value is -2.41. The highest BCUT2D eigenvalue weighted by Gasteiger charge is 2.11. The molecule has 1 aromatic rings. The predicted octanol–water partition coefficient (Wildman–Crippen LogP) is -0.169. The van der Waals surface area contributed by atoms with Crippen LogP contribution >= 0.6 is 0 Å². The first-order chi connectivity index (χ1) is 10.7. The van der Waals surface area contributed by atoms with Crippen LogP contribution in [0.2, 0.25) is 0 Å². The zero-order valence-electron chi connectivity index (χ0n) is 12.9. The maximum atomic E-state index is 12.0. The van der Waals surface area contributed by atoms with Gasteiger partial charge in [0.2, 0.25) is 10.0 Å². The SMILES string of the molecule is CN(C)CCN/C=C(/C#N)C(=O)Nc1ccc(S(N)(=O)=O)cc1. The lowest BCUT2D eigenvalue weighted by molar-refractivity contribution is -0.112. The molecule has 1 aromatic carbocycles. The number of carbonyl (C=O) groups excluding carboxylic acids is 1. The number of carbonyl (C=O) groups is 1. The van der Waals surface area contributed by atoms with E-state index in [-0.39, 0.29) is 10.5 Å². The van der Waals surface area contributed by atoms with Crippen molar-refractivity contribution in [2.45, 2.75) is 4.90 Å². The van der Waals surface area contributed by atoms with Crippen LogP contribution in [-0.2, 0) is 14.8 Å². The third-order valence-corrected chi connectivity index (χ3v) is 3.68. The molecule has 0 atom stereocenters. The molecule has 9 heteroatoms. The largest absolute Gasteiger partial charge is 0.388 e. The summed E-state index contributed by atoms with van der Waals surface area (Å²) in [5.41, 5.74) is 0.274. The molecule has 1 rings (SSSR count). The average Bonchev–Trinajstić information content (AvgIpc) is 2.46. The number of likely N-dealkylation sites (N-methyl/N-ethyl adjacent to an activating group) is 1. The minimum atomic E-state index is -3.78. The van der Waals surface area contributed by atoms with Gasteiger partial charge in [0.15, 0.2) is 0 Å². The number of rotatable bonds is 7. The summed E-state index contributed by atoms with van der Waals surface area (Å²) in [6, 6.07) is 7.14. The van der Waals surface area contributed by atoms with Crippen molar-refractivity contribution in [2.75, 3.05) is 32.5 Å². The van der Waals surface area contributed by atoms with E-state index >= 15 is 0 Å². The van der Waals surface area contributed by atoms with Gasteiger partial charge in [0.1, 0.15) is 11.6 Å². The molecule has 0 bridgehead atoms. The van der Waals surface area contributed by atoms with Crippen LogP contribution in [0.4, 0.5) is 5.69 Å². The summed E-state index contributed by atoms with van der Waals surface area (Å²) in [5.74, 6) is -0.590. The van der Waals surface area contributed by atoms with Crippen molar-refractivity contribution in [3.8, 4) is 6.07 Å². The molecule has 0 saturated heterocycles. The summed E-state index contributed by atoms with van der Waals surface area (Å²) in [4.78, 5) is 13.9. The molecule has 0 radical (unpaired) electrons. The normalized spacial score (nSPS) is 11.9. The van der Waals surface area contributed by atoms with Gasteiger partial charge >= 0.3 is 0 Å². The number of nitrogens with one attached hydrogen (secondary N) is 2. The summed E-state index contributed by atoms with van der Waals surface area (Å²) >= 11 is 0. The lowest BCUT2D eigenvalue weighted by Crippen LogP contribution is -2.24. The summed E-state index contributed by atoms with van der Waals surface area (Å²) in [7, 11) is 0.0410. The molecule has 0 unspecified atom stereocenters. The Morgan fingerprint density at radius 1 is 1.35 bits per heavy atom. The lowest BCUT2D eigenvalue weighted by Gasteiger charge is -2.09. The molecule has 0 spiro atoms. The number of amides is 1. The van der Waals surface area contributed by atoms with Crippen molar-refractivity contribution in [1.29, 1.82) is 5.26 Å². The van der Waals surface area contributed by atoms with Gasteiger partial charge in [-0.15, -0.1) is 0 Å². The van der Waals surface area contributed by atoms with E-state index in [1.165, 1.54) is 30.5 Å². The Morgan fingerprint density at radius 3 is 2.43 bits per heavy atom. The Morgan fingerprint density at radius 2 is 1.96 bits per heavy atom. The monoisotopic (exact) mass is 337 g/mol. The fourth-order valence-corrected chi connectivity index (χ4v) is 2.05. The Balaban J connectivity index is 2.70. The third-order valence-electron chi connectivity index (χ3n) is 2.76. The van der Waals surface area contributed by atoms with Crippen LogP contribution in [0.15, 0.2) is 40.9 Å². The van der Waals surface area contributed by atoms with Gasteiger partial charge in [0.05, 0.1) is 4.90 Å². The summed E-state index contributed by atoms with van der Waals surface area (Å²) in [5, 5.41) is 19.4. The summed E-state index contributed by atoms with van der Waals surface area (Å²) in [6.45, 7) is 1.35. The number of nitriles is 1. The molecule has 0 saturated carbocycles. The van der Waals surface area contributed by atoms with Crippen molar-refractivity contribution < 1.29 is 13.2 Å². The summed E-state index contributed by atoms with van der Waals surface area (Å²) < 4.78 is 22.3. The quantitative estimate of drug-likeness (QED) is 0.360. The van der Waals surface area contributed by atoms with Crippen molar-refractivity contribution in [2.24, 2.45) is 5.14 Å². The van der Waals surface area contributed by atoms with Gasteiger partial charge in [-0.3, -0.25) is 4.79 Å². The first-order valence-electron chi connectivity index (χ1n) is 6.66. The summed E-state index contributed by atoms with van der Waals surface area (Å²) in [6.07, 6.45) is 1.34. The molecule has 0 aliphatic rings. The van der Waals surface area contributed by atoms with Gasteiger partial charge in [0.25, 0.3) is 5.91 Å². The predicted molar refractivity (Wildman–Crippen MR) is 86.7 cm³/mol. The Kier molecular flexibility index (Phi) is 6.71. The Bertz CT molecular complexity index is 718. The number of primary sulfonamides is 1. The van der Waals surface area contributed by atoms with Crippen molar-refractivity contribution in [1.82, 2.24) is 10.2 Å². The second-order valence-corrected chi connectivity index (χ2v) is 6.51. The number of benzene rings is 1. The smallest absolute Gasteiger partial charge is 0.267 e. The lowest BCUT2D eigenvalue weighted by atomic mass is 10.2. The maximum Gasteiger partial charge on any atom is 0.267 e. The number of hydrogen-bond donors (Lipinski definition) is 3. The fraction of sp³-hybridized carbons (Fsp3) is 0.286. The zero-order chi connectivity index (χ0) is 17.5. The molecule has 0 aromatic heterocycles. The molecule has 124 valence electrons. The molecule has 0 fully saturated rings. The van der Waals surface area contributed by atoms with Crippen LogP contribution in [0, 0.1) is 11.3 Å². The highest BCUT2D eigenvalue weighted by molar-refractivity contribution is 7.89. The maximum absolute atomic E-state index is 12.0. The average molecular weight is 337 g/mol. The minimum absolute atomic E-state index is 0.0584. The topological polar surface area (TPSA) is 128 Å². The zero-order valence-corrected chi connectivity index (χ0v) is 13.7. The number of anilines is 1. The van der Waals surface area contributed by atoms with E-state index in [1.54, 1.807) is 6.07 Å². The Labute approximate surface area is 135 Å². The van der Waals surface area contributed by atoms with Gasteiger partial charge in [0, 0.05) is 25.0 Å². The van der Waals surface area contributed by atoms with Crippen molar-refractivity contribution in [3.63, 3.8) is 0 Å². The standard InChI is InChI=1S/C14H19N5O3S/c1-19(2)8-7-17-10-11(9-15)14(20)18-12-3-5-13(6-4-12)23(16,21)22/h3-6,10,17H,7-8H2,1-2H3,(H,18,20)(H2,16,21,22)/b11-10-. The van der Waals surface area contributed by atoms with E-state index in [9.17, 15) is 13.2 Å². The van der Waals surface area contributed by atoms with Crippen LogP contribution < -0.4 is 15.8 Å². The molecule has 1 amide bonds. The van der Waals surface area contributed by atoms with E-state index in [1.807, 2.05) is 19.0 Å². The van der Waals surface area contributed by atoms with E-state index < -0.39 is 15.9 Å². The van der Waals surface area contributed by atoms with Crippen molar-refractivity contribution >= 4 is 21.6 Å². The second-order valence-electron chi connectivity index (χ2n) is 4.95. The third kappa shape index (κ3) is 6.48. The molecule has 0 aliphatic heterocycles. The van der Waals surface area contributed by atoms with E-state index in [0.29, 0.717) is 12.2 Å². The molecular formula is C14H19N5O3S. The number of nitrogens with two attached hydrogens (primary N) is 1. The van der Waals surface area contributed by atoms with Gasteiger partial charge < -0.3 is 15.5 Å². The first-order valence-corrected chi connectivity index (χ1v) is 8.21. The van der Waals surface area contributed by atoms with E-state index in [0.717, 1.165) is 6.54 Å². The van der Waals surface area contributed by atoms with Crippen LogP contribution in [-0.4, -0.2) is 46.4 Å². The van der Waals surface area contributed by atoms with Gasteiger partial charge in [-0.05, 0) is 38.4 Å². The van der Waals surface area contributed by atoms with Crippen LogP contribution in [0.25, 0.3) is 0 Å². The molecule has 0 aliphatic carbocycles.